The molecule has 2 aromatic rings. The van der Waals surface area contributed by atoms with Gasteiger partial charge in [0.05, 0.1) is 6.10 Å². The molecule has 8 heteroatoms. The molecule has 2 saturated heterocycles. The molecule has 2 aromatic carbocycles. The summed E-state index contributed by atoms with van der Waals surface area (Å²) in [6.45, 7) is 2.65. The van der Waals surface area contributed by atoms with Crippen molar-refractivity contribution in [2.45, 2.75) is 25.4 Å². The minimum absolute atomic E-state index is 0.0208. The van der Waals surface area contributed by atoms with Crippen molar-refractivity contribution in [1.29, 1.82) is 0 Å². The third kappa shape index (κ3) is 5.62. The molecule has 0 aliphatic carbocycles. The number of hydrogen-bond donors (Lipinski definition) is 0. The van der Waals surface area contributed by atoms with Gasteiger partial charge in [0.1, 0.15) is 12.4 Å². The molecule has 2 aliphatic heterocycles. The van der Waals surface area contributed by atoms with Crippen LogP contribution in [0.5, 0.6) is 0 Å². The number of rotatable bonds is 7. The lowest BCUT2D eigenvalue weighted by atomic mass is 10.0. The lowest BCUT2D eigenvalue weighted by molar-refractivity contribution is -0.131. The maximum atomic E-state index is 13.5. The van der Waals surface area contributed by atoms with Gasteiger partial charge in [0.25, 0.3) is 5.91 Å². The first-order valence-corrected chi connectivity index (χ1v) is 11.7. The van der Waals surface area contributed by atoms with Crippen LogP contribution in [0.25, 0.3) is 11.1 Å². The summed E-state index contributed by atoms with van der Waals surface area (Å²) in [5.41, 5.74) is 2.00. The van der Waals surface area contributed by atoms with Gasteiger partial charge in [-0.25, -0.2) is 4.39 Å². The van der Waals surface area contributed by atoms with E-state index in [9.17, 15) is 18.8 Å². The summed E-state index contributed by atoms with van der Waals surface area (Å²) in [5, 5.41) is 0. The smallest absolute Gasteiger partial charge is 0.254 e. The topological polar surface area (TPSA) is 70.2 Å². The van der Waals surface area contributed by atoms with Crippen LogP contribution in [0.2, 0.25) is 0 Å². The van der Waals surface area contributed by atoms with Gasteiger partial charge in [-0.2, -0.15) is 0 Å². The fraction of sp³-hybridized carbons (Fsp3) is 0.423. The Morgan fingerprint density at radius 2 is 1.76 bits per heavy atom. The Morgan fingerprint density at radius 3 is 2.44 bits per heavy atom. The predicted molar refractivity (Wildman–Crippen MR) is 126 cm³/mol. The standard InChI is InChI=1S/C26H30FN3O4/c1-34-23-16-29(14-4-13-28-12-3-7-24(28)31)25(32)18-30(17-23)26(33)20-10-8-19(9-11-20)21-5-2-6-22(27)15-21/h2,5-6,8-11,15,23H,3-4,7,12-14,16-18H2,1H3. The number of likely N-dealkylation sites (tertiary alicyclic amines) is 1. The Bertz CT molecular complexity index is 1040. The van der Waals surface area contributed by atoms with E-state index in [4.69, 9.17) is 4.74 Å². The van der Waals surface area contributed by atoms with Crippen molar-refractivity contribution in [2.75, 3.05) is 46.4 Å². The van der Waals surface area contributed by atoms with Gasteiger partial charge < -0.3 is 19.4 Å². The number of methoxy groups -OCH3 is 1. The van der Waals surface area contributed by atoms with E-state index in [2.05, 4.69) is 0 Å². The van der Waals surface area contributed by atoms with Gasteiger partial charge in [0, 0.05) is 51.8 Å². The fourth-order valence-corrected chi connectivity index (χ4v) is 4.55. The van der Waals surface area contributed by atoms with Crippen molar-refractivity contribution in [3.8, 4) is 11.1 Å². The third-order valence-electron chi connectivity index (χ3n) is 6.46. The summed E-state index contributed by atoms with van der Waals surface area (Å²) in [6.07, 6.45) is 1.90. The number of carbonyl (C=O) groups is 3. The van der Waals surface area contributed by atoms with Crippen LogP contribution in [0.3, 0.4) is 0 Å². The number of hydrogen-bond acceptors (Lipinski definition) is 4. The number of ether oxygens (including phenoxy) is 1. The average Bonchev–Trinajstić information content (AvgIpc) is 3.18. The molecule has 180 valence electrons. The van der Waals surface area contributed by atoms with Crippen molar-refractivity contribution in [1.82, 2.24) is 14.7 Å². The van der Waals surface area contributed by atoms with E-state index in [1.807, 2.05) is 11.0 Å². The first-order valence-electron chi connectivity index (χ1n) is 11.7. The molecule has 0 aromatic heterocycles. The summed E-state index contributed by atoms with van der Waals surface area (Å²) >= 11 is 0. The van der Waals surface area contributed by atoms with Crippen LogP contribution in [0, 0.1) is 5.82 Å². The number of nitrogens with zero attached hydrogens (tertiary/aromatic N) is 3. The third-order valence-corrected chi connectivity index (χ3v) is 6.46. The normalized spacial score (nSPS) is 19.0. The molecule has 0 spiro atoms. The first kappa shape index (κ1) is 23.9. The van der Waals surface area contributed by atoms with Crippen molar-refractivity contribution >= 4 is 17.7 Å². The van der Waals surface area contributed by atoms with Crippen molar-refractivity contribution in [3.05, 3.63) is 59.9 Å². The number of halogens is 1. The van der Waals surface area contributed by atoms with Gasteiger partial charge in [0.2, 0.25) is 11.8 Å². The Labute approximate surface area is 199 Å². The van der Waals surface area contributed by atoms with E-state index in [-0.39, 0.29) is 36.2 Å². The van der Waals surface area contributed by atoms with Crippen LogP contribution in [0.4, 0.5) is 4.39 Å². The Morgan fingerprint density at radius 1 is 1.00 bits per heavy atom. The molecule has 0 bridgehead atoms. The molecular formula is C26H30FN3O4. The molecule has 0 radical (unpaired) electrons. The summed E-state index contributed by atoms with van der Waals surface area (Å²) in [5.74, 6) is -0.511. The van der Waals surface area contributed by atoms with Crippen LogP contribution in [0.15, 0.2) is 48.5 Å². The lowest BCUT2D eigenvalue weighted by Gasteiger charge is -2.24. The second-order valence-corrected chi connectivity index (χ2v) is 8.81. The molecule has 3 amide bonds. The van der Waals surface area contributed by atoms with Gasteiger partial charge in [-0.3, -0.25) is 14.4 Å². The molecule has 2 heterocycles. The highest BCUT2D eigenvalue weighted by atomic mass is 19.1. The molecule has 2 fully saturated rings. The van der Waals surface area contributed by atoms with Gasteiger partial charge in [-0.1, -0.05) is 24.3 Å². The highest BCUT2D eigenvalue weighted by molar-refractivity contribution is 5.97. The van der Waals surface area contributed by atoms with Crippen molar-refractivity contribution in [2.24, 2.45) is 0 Å². The van der Waals surface area contributed by atoms with Gasteiger partial charge >= 0.3 is 0 Å². The molecule has 1 atom stereocenters. The van der Waals surface area contributed by atoms with Crippen molar-refractivity contribution in [3.63, 3.8) is 0 Å². The number of amides is 3. The second kappa shape index (κ2) is 10.8. The summed E-state index contributed by atoms with van der Waals surface area (Å²) < 4.78 is 19.1. The Hall–Kier alpha value is -3.26. The largest absolute Gasteiger partial charge is 0.378 e. The fourth-order valence-electron chi connectivity index (χ4n) is 4.55. The van der Waals surface area contributed by atoms with E-state index in [0.29, 0.717) is 44.6 Å². The Kier molecular flexibility index (Phi) is 7.57. The zero-order valence-electron chi connectivity index (χ0n) is 19.4. The van der Waals surface area contributed by atoms with E-state index in [1.165, 1.54) is 17.0 Å². The lowest BCUT2D eigenvalue weighted by Crippen LogP contribution is -2.40. The maximum absolute atomic E-state index is 13.5. The van der Waals surface area contributed by atoms with E-state index in [0.717, 1.165) is 24.1 Å². The molecule has 2 aliphatic rings. The van der Waals surface area contributed by atoms with Crippen LogP contribution in [-0.2, 0) is 14.3 Å². The minimum Gasteiger partial charge on any atom is -0.378 e. The number of benzene rings is 2. The van der Waals surface area contributed by atoms with Crippen LogP contribution < -0.4 is 0 Å². The zero-order chi connectivity index (χ0) is 24.1. The summed E-state index contributed by atoms with van der Waals surface area (Å²) in [6, 6.07) is 13.2. The van der Waals surface area contributed by atoms with E-state index in [1.54, 1.807) is 42.3 Å². The van der Waals surface area contributed by atoms with Gasteiger partial charge in [-0.05, 0) is 48.2 Å². The minimum atomic E-state index is -0.317. The average molecular weight is 468 g/mol. The second-order valence-electron chi connectivity index (χ2n) is 8.81. The van der Waals surface area contributed by atoms with Crippen LogP contribution >= 0.6 is 0 Å². The predicted octanol–water partition coefficient (Wildman–Crippen LogP) is 2.80. The highest BCUT2D eigenvalue weighted by Gasteiger charge is 2.31. The maximum Gasteiger partial charge on any atom is 0.254 e. The number of carbonyl (C=O) groups excluding carboxylic acids is 3. The SMILES string of the molecule is COC1CN(CCCN2CCCC2=O)C(=O)CN(C(=O)c2ccc(-c3cccc(F)c3)cc2)C1. The van der Waals surface area contributed by atoms with Crippen LogP contribution in [-0.4, -0.2) is 84.9 Å². The quantitative estimate of drug-likeness (QED) is 0.628. The monoisotopic (exact) mass is 467 g/mol. The zero-order valence-corrected chi connectivity index (χ0v) is 19.4. The van der Waals surface area contributed by atoms with E-state index < -0.39 is 0 Å². The molecule has 34 heavy (non-hydrogen) atoms. The molecule has 7 nitrogen and oxygen atoms in total. The highest BCUT2D eigenvalue weighted by Crippen LogP contribution is 2.22. The summed E-state index contributed by atoms with van der Waals surface area (Å²) in [7, 11) is 1.58. The molecule has 0 saturated carbocycles. The summed E-state index contributed by atoms with van der Waals surface area (Å²) in [4.78, 5) is 43.0. The van der Waals surface area contributed by atoms with Crippen LogP contribution in [0.1, 0.15) is 29.6 Å². The van der Waals surface area contributed by atoms with E-state index >= 15 is 0 Å². The first-order chi connectivity index (χ1) is 16.4. The van der Waals surface area contributed by atoms with Gasteiger partial charge in [0.15, 0.2) is 0 Å². The molecule has 4 rings (SSSR count). The molecule has 1 unspecified atom stereocenters. The Balaban J connectivity index is 1.39. The molecular weight excluding hydrogens is 437 g/mol. The van der Waals surface area contributed by atoms with Crippen molar-refractivity contribution < 1.29 is 23.5 Å². The van der Waals surface area contributed by atoms with Gasteiger partial charge in [-0.15, -0.1) is 0 Å². The molecule has 0 N–H and O–H groups in total.